The van der Waals surface area contributed by atoms with Gasteiger partial charge in [-0.05, 0) is 107 Å². The molecule has 2 heterocycles. The largest absolute Gasteiger partial charge is 0.507 e. The SMILES string of the molecule is Cc1cc2sc1Cc1cc(C(C)(C)C)cc(c1O)Cc1cc(C(C)(C)C)cc(c1O)Cc1cc(C(C)(C)C)cc(c1O)Cc1cc(C(C)(C)C)cc(c1O)C2. The van der Waals surface area contributed by atoms with Gasteiger partial charge in [0.25, 0.3) is 0 Å². The highest BCUT2D eigenvalue weighted by atomic mass is 32.1. The predicted molar refractivity (Wildman–Crippen MR) is 230 cm³/mol. The van der Waals surface area contributed by atoms with Gasteiger partial charge in [-0.25, -0.2) is 0 Å². The van der Waals surface area contributed by atoms with Gasteiger partial charge in [0.05, 0.1) is 0 Å². The highest BCUT2D eigenvalue weighted by Gasteiger charge is 2.27. The number of phenols is 4. The van der Waals surface area contributed by atoms with Crippen molar-refractivity contribution in [3.63, 3.8) is 0 Å². The summed E-state index contributed by atoms with van der Waals surface area (Å²) < 4.78 is 0. The molecule has 0 saturated carbocycles. The zero-order valence-corrected chi connectivity index (χ0v) is 36.2. The van der Waals surface area contributed by atoms with Crippen LogP contribution in [0.3, 0.4) is 0 Å². The third-order valence-electron chi connectivity index (χ3n) is 11.5. The summed E-state index contributed by atoms with van der Waals surface area (Å²) in [5.41, 5.74) is 11.1. The van der Waals surface area contributed by atoms with Gasteiger partial charge in [0.1, 0.15) is 23.0 Å². The fraction of sp³-hybridized carbons (Fsp3) is 0.440. The van der Waals surface area contributed by atoms with E-state index in [1.807, 2.05) is 0 Å². The molecule has 5 aromatic rings. The van der Waals surface area contributed by atoms with E-state index in [0.29, 0.717) is 32.1 Å². The maximum absolute atomic E-state index is 12.1. The Morgan fingerprint density at radius 1 is 0.364 bits per heavy atom. The lowest BCUT2D eigenvalue weighted by Gasteiger charge is -2.26. The van der Waals surface area contributed by atoms with Crippen molar-refractivity contribution >= 4 is 11.3 Å². The first-order valence-electron chi connectivity index (χ1n) is 19.8. The lowest BCUT2D eigenvalue weighted by molar-refractivity contribution is 0.451. The van der Waals surface area contributed by atoms with Crippen molar-refractivity contribution in [3.05, 3.63) is 137 Å². The van der Waals surface area contributed by atoms with Gasteiger partial charge in [-0.3, -0.25) is 0 Å². The van der Waals surface area contributed by atoms with E-state index >= 15 is 0 Å². The van der Waals surface area contributed by atoms with Crippen molar-refractivity contribution < 1.29 is 20.4 Å². The molecule has 55 heavy (non-hydrogen) atoms. The van der Waals surface area contributed by atoms with Crippen molar-refractivity contribution in [3.8, 4) is 23.0 Å². The number of hydrogen-bond acceptors (Lipinski definition) is 5. The molecule has 0 aliphatic carbocycles. The molecule has 6 rings (SSSR count). The summed E-state index contributed by atoms with van der Waals surface area (Å²) in [5, 5.41) is 48.3. The van der Waals surface area contributed by atoms with Gasteiger partial charge in [-0.15, -0.1) is 11.3 Å². The highest BCUT2D eigenvalue weighted by molar-refractivity contribution is 7.12. The normalized spacial score (nSPS) is 14.2. The number of rotatable bonds is 0. The van der Waals surface area contributed by atoms with Crippen LogP contribution in [0.4, 0.5) is 0 Å². The van der Waals surface area contributed by atoms with E-state index in [9.17, 15) is 20.4 Å². The monoisotopic (exact) mass is 758 g/mol. The zero-order chi connectivity index (χ0) is 40.6. The first-order valence-corrected chi connectivity index (χ1v) is 20.6. The Hall–Kier alpha value is -4.22. The summed E-state index contributed by atoms with van der Waals surface area (Å²) in [6.07, 6.45) is 2.22. The maximum Gasteiger partial charge on any atom is 0.122 e. The van der Waals surface area contributed by atoms with Gasteiger partial charge in [-0.2, -0.15) is 0 Å². The molecule has 1 aliphatic heterocycles. The Morgan fingerprint density at radius 3 is 0.855 bits per heavy atom. The first kappa shape index (κ1) is 40.4. The van der Waals surface area contributed by atoms with Crippen LogP contribution < -0.4 is 0 Å². The number of aromatic hydroxyl groups is 4. The highest BCUT2D eigenvalue weighted by Crippen LogP contribution is 2.43. The van der Waals surface area contributed by atoms with Gasteiger partial charge in [0.2, 0.25) is 0 Å². The molecule has 4 nitrogen and oxygen atoms in total. The summed E-state index contributed by atoms with van der Waals surface area (Å²) in [5.74, 6) is 0.896. The van der Waals surface area contributed by atoms with Gasteiger partial charge in [0, 0.05) is 41.9 Å². The van der Waals surface area contributed by atoms with Crippen LogP contribution in [0.1, 0.15) is 165 Å². The quantitative estimate of drug-likeness (QED) is 0.124. The molecule has 1 aromatic heterocycles. The van der Waals surface area contributed by atoms with Crippen LogP contribution in [0.25, 0.3) is 0 Å². The van der Waals surface area contributed by atoms with Crippen molar-refractivity contribution in [1.82, 2.24) is 0 Å². The Balaban J connectivity index is 1.67. The van der Waals surface area contributed by atoms with E-state index in [1.54, 1.807) is 11.3 Å². The summed E-state index contributed by atoms with van der Waals surface area (Å²) >= 11 is 1.73. The molecule has 4 aromatic carbocycles. The molecule has 0 unspecified atom stereocenters. The fourth-order valence-corrected chi connectivity index (χ4v) is 8.91. The van der Waals surface area contributed by atoms with E-state index in [2.05, 4.69) is 145 Å². The molecule has 10 bridgehead atoms. The average molecular weight is 759 g/mol. The number of thiophene rings is 1. The average Bonchev–Trinajstić information content (AvgIpc) is 3.39. The van der Waals surface area contributed by atoms with Gasteiger partial charge in [0.15, 0.2) is 0 Å². The molecule has 1 aliphatic rings. The topological polar surface area (TPSA) is 80.9 Å². The number of fused-ring (bicyclic) bond motifs is 10. The molecule has 4 N–H and O–H groups in total. The smallest absolute Gasteiger partial charge is 0.122 e. The van der Waals surface area contributed by atoms with Crippen LogP contribution in [-0.2, 0) is 53.8 Å². The van der Waals surface area contributed by atoms with Crippen LogP contribution in [-0.4, -0.2) is 20.4 Å². The molecule has 5 heteroatoms. The summed E-state index contributed by atoms with van der Waals surface area (Å²) in [4.78, 5) is 2.33. The minimum atomic E-state index is -0.215. The van der Waals surface area contributed by atoms with Crippen molar-refractivity contribution in [2.24, 2.45) is 0 Å². The summed E-state index contributed by atoms with van der Waals surface area (Å²) in [7, 11) is 0. The van der Waals surface area contributed by atoms with Crippen LogP contribution in [0.2, 0.25) is 0 Å². The maximum atomic E-state index is 12.1. The molecule has 0 radical (unpaired) electrons. The first-order chi connectivity index (χ1) is 25.3. The van der Waals surface area contributed by atoms with E-state index in [0.717, 1.165) is 77.2 Å². The number of phenolic OH excluding ortho intramolecular Hbond substituents is 4. The molecule has 292 valence electrons. The molecule has 0 fully saturated rings. The minimum Gasteiger partial charge on any atom is -0.507 e. The lowest BCUT2D eigenvalue weighted by atomic mass is 9.80. The standard InChI is InChI=1S/C50H62O4S/c1-28-14-41-26-35-24-39(49(8,9)10)22-33(45(35)53)16-31-20-37(47(2,3)4)18-29(43(31)51)15-30-19-38(48(5,6)7)21-32(44(30)52)17-34-23-40(50(11,12)13)25-36(46(34)54)27-42(28)55-41/h14,18-25,51-54H,15-17,26-27H2,1-13H3. The van der Waals surface area contributed by atoms with E-state index in [-0.39, 0.29) is 44.7 Å². The minimum absolute atomic E-state index is 0.164. The second-order valence-corrected chi connectivity index (χ2v) is 21.5. The van der Waals surface area contributed by atoms with Gasteiger partial charge in [-0.1, -0.05) is 132 Å². The summed E-state index contributed by atoms with van der Waals surface area (Å²) in [6.45, 7) is 28.3. The Labute approximate surface area is 333 Å². The van der Waals surface area contributed by atoms with Crippen LogP contribution in [0, 0.1) is 6.92 Å². The number of benzene rings is 4. The van der Waals surface area contributed by atoms with Gasteiger partial charge < -0.3 is 20.4 Å². The van der Waals surface area contributed by atoms with E-state index < -0.39 is 0 Å². The third kappa shape index (κ3) is 8.48. The third-order valence-corrected chi connectivity index (χ3v) is 12.7. The molecule has 0 spiro atoms. The van der Waals surface area contributed by atoms with Crippen molar-refractivity contribution in [1.29, 1.82) is 0 Å². The zero-order valence-electron chi connectivity index (χ0n) is 35.4. The second-order valence-electron chi connectivity index (χ2n) is 20.3. The Bertz CT molecular complexity index is 2280. The molecular formula is C50H62O4S. The molecular weight excluding hydrogens is 697 g/mol. The predicted octanol–water partition coefficient (Wildman–Crippen LogP) is 12.3. The van der Waals surface area contributed by atoms with Crippen LogP contribution in [0.5, 0.6) is 23.0 Å². The number of hydrogen-bond donors (Lipinski definition) is 4. The number of aryl methyl sites for hydroxylation is 1. The van der Waals surface area contributed by atoms with Crippen molar-refractivity contribution in [2.45, 2.75) is 144 Å². The van der Waals surface area contributed by atoms with Crippen LogP contribution >= 0.6 is 11.3 Å². The Morgan fingerprint density at radius 2 is 0.600 bits per heavy atom. The molecule has 0 saturated heterocycles. The van der Waals surface area contributed by atoms with E-state index in [1.165, 1.54) is 4.88 Å². The van der Waals surface area contributed by atoms with Crippen LogP contribution in [0.15, 0.2) is 54.6 Å². The lowest BCUT2D eigenvalue weighted by Crippen LogP contribution is -2.15. The fourth-order valence-electron chi connectivity index (χ4n) is 7.68. The molecule has 0 amide bonds. The van der Waals surface area contributed by atoms with Gasteiger partial charge >= 0.3 is 0 Å². The van der Waals surface area contributed by atoms with E-state index in [4.69, 9.17) is 0 Å². The summed E-state index contributed by atoms with van der Waals surface area (Å²) in [6, 6.07) is 19.0. The second kappa shape index (κ2) is 14.1. The van der Waals surface area contributed by atoms with Crippen molar-refractivity contribution in [2.75, 3.05) is 0 Å². The molecule has 0 atom stereocenters. The Kier molecular flexibility index (Phi) is 10.3.